The van der Waals surface area contributed by atoms with Crippen molar-refractivity contribution in [3.05, 3.63) is 26.6 Å². The Bertz CT molecular complexity index is 415. The van der Waals surface area contributed by atoms with Gasteiger partial charge in [-0.3, -0.25) is 4.79 Å². The highest BCUT2D eigenvalue weighted by Crippen LogP contribution is 2.24. The summed E-state index contributed by atoms with van der Waals surface area (Å²) in [6, 6.07) is 2.64. The number of nitrogens with zero attached hydrogens (tertiary/aromatic N) is 2. The Kier molecular flexibility index (Phi) is 3.46. The van der Waals surface area contributed by atoms with E-state index in [-0.39, 0.29) is 15.0 Å². The number of aromatic nitrogens is 1. The number of pyridine rings is 1. The lowest BCUT2D eigenvalue weighted by Gasteiger charge is -2.04. The molecule has 0 aliphatic heterocycles. The van der Waals surface area contributed by atoms with Crippen LogP contribution in [0.4, 0.5) is 8.78 Å². The van der Waals surface area contributed by atoms with Crippen LogP contribution in [0.5, 0.6) is 0 Å². The SMILES string of the molecule is N#Cc1c(C(F)F)cc(I)nc1C=O. The molecular formula is C8H3F2IN2O. The maximum Gasteiger partial charge on any atom is 0.265 e. The second-order valence-corrected chi connectivity index (χ2v) is 3.43. The predicted molar refractivity (Wildman–Crippen MR) is 52.0 cm³/mol. The minimum atomic E-state index is -2.78. The predicted octanol–water partition coefficient (Wildman–Crippen LogP) is 2.31. The van der Waals surface area contributed by atoms with Gasteiger partial charge in [-0.2, -0.15) is 5.26 Å². The summed E-state index contributed by atoms with van der Waals surface area (Å²) in [7, 11) is 0. The lowest BCUT2D eigenvalue weighted by atomic mass is 10.1. The van der Waals surface area contributed by atoms with Gasteiger partial charge in [-0.15, -0.1) is 0 Å². The number of nitriles is 1. The summed E-state index contributed by atoms with van der Waals surface area (Å²) >= 11 is 1.71. The molecule has 0 saturated heterocycles. The monoisotopic (exact) mass is 308 g/mol. The maximum atomic E-state index is 12.4. The summed E-state index contributed by atoms with van der Waals surface area (Å²) in [5.74, 6) is 0. The molecule has 0 N–H and O–H groups in total. The van der Waals surface area contributed by atoms with Gasteiger partial charge in [-0.05, 0) is 28.7 Å². The molecule has 14 heavy (non-hydrogen) atoms. The van der Waals surface area contributed by atoms with Crippen LogP contribution in [0.2, 0.25) is 0 Å². The zero-order valence-corrected chi connectivity index (χ0v) is 8.83. The van der Waals surface area contributed by atoms with E-state index in [0.717, 1.165) is 6.07 Å². The molecule has 0 radical (unpaired) electrons. The normalized spacial score (nSPS) is 9.93. The van der Waals surface area contributed by atoms with Gasteiger partial charge in [0, 0.05) is 5.56 Å². The lowest BCUT2D eigenvalue weighted by molar-refractivity contribution is 0.111. The molecule has 0 unspecified atom stereocenters. The molecule has 0 aliphatic carbocycles. The summed E-state index contributed by atoms with van der Waals surface area (Å²) in [5, 5.41) is 8.59. The van der Waals surface area contributed by atoms with Gasteiger partial charge in [-0.25, -0.2) is 13.8 Å². The fourth-order valence-corrected chi connectivity index (χ4v) is 1.53. The molecule has 0 spiro atoms. The molecule has 0 atom stereocenters. The Labute approximate surface area is 91.9 Å². The van der Waals surface area contributed by atoms with E-state index in [1.165, 1.54) is 0 Å². The minimum Gasteiger partial charge on any atom is -0.296 e. The molecule has 1 aromatic heterocycles. The van der Waals surface area contributed by atoms with Gasteiger partial charge in [0.15, 0.2) is 6.29 Å². The van der Waals surface area contributed by atoms with Gasteiger partial charge in [-0.1, -0.05) is 0 Å². The minimum absolute atomic E-state index is 0.241. The molecule has 0 saturated carbocycles. The third kappa shape index (κ3) is 2.04. The molecule has 72 valence electrons. The molecule has 0 bridgehead atoms. The van der Waals surface area contributed by atoms with Gasteiger partial charge in [0.25, 0.3) is 6.43 Å². The molecule has 1 rings (SSSR count). The van der Waals surface area contributed by atoms with Crippen molar-refractivity contribution in [2.75, 3.05) is 0 Å². The van der Waals surface area contributed by atoms with Crippen LogP contribution in [0.25, 0.3) is 0 Å². The highest BCUT2D eigenvalue weighted by Gasteiger charge is 2.18. The van der Waals surface area contributed by atoms with Crippen molar-refractivity contribution < 1.29 is 13.6 Å². The number of aldehydes is 1. The van der Waals surface area contributed by atoms with Gasteiger partial charge in [0.2, 0.25) is 0 Å². The first-order valence-electron chi connectivity index (χ1n) is 3.44. The molecular weight excluding hydrogens is 305 g/mol. The van der Waals surface area contributed by atoms with E-state index in [2.05, 4.69) is 4.98 Å². The topological polar surface area (TPSA) is 53.8 Å². The molecule has 0 fully saturated rings. The largest absolute Gasteiger partial charge is 0.296 e. The van der Waals surface area contributed by atoms with Crippen LogP contribution < -0.4 is 0 Å². The second-order valence-electron chi connectivity index (χ2n) is 2.32. The average molecular weight is 308 g/mol. The third-order valence-electron chi connectivity index (χ3n) is 1.51. The molecule has 0 aliphatic rings. The summed E-state index contributed by atoms with van der Waals surface area (Å²) in [4.78, 5) is 14.1. The summed E-state index contributed by atoms with van der Waals surface area (Å²) < 4.78 is 25.1. The smallest absolute Gasteiger partial charge is 0.265 e. The number of rotatable bonds is 2. The first-order chi connectivity index (χ1) is 6.60. The van der Waals surface area contributed by atoms with Crippen molar-refractivity contribution in [2.24, 2.45) is 0 Å². The Morgan fingerprint density at radius 2 is 2.29 bits per heavy atom. The highest BCUT2D eigenvalue weighted by atomic mass is 127. The van der Waals surface area contributed by atoms with E-state index in [0.29, 0.717) is 6.29 Å². The van der Waals surface area contributed by atoms with Crippen LogP contribution in [-0.4, -0.2) is 11.3 Å². The zero-order valence-electron chi connectivity index (χ0n) is 6.67. The van der Waals surface area contributed by atoms with Crippen LogP contribution in [0.3, 0.4) is 0 Å². The fraction of sp³-hybridized carbons (Fsp3) is 0.125. The van der Waals surface area contributed by atoms with E-state index >= 15 is 0 Å². The van der Waals surface area contributed by atoms with E-state index in [4.69, 9.17) is 5.26 Å². The Hall–Kier alpha value is -1.10. The molecule has 1 heterocycles. The fourth-order valence-electron chi connectivity index (χ4n) is 0.931. The second kappa shape index (κ2) is 4.41. The van der Waals surface area contributed by atoms with Crippen molar-refractivity contribution >= 4 is 28.9 Å². The first kappa shape index (κ1) is 11.0. The number of halogens is 3. The van der Waals surface area contributed by atoms with E-state index in [9.17, 15) is 13.6 Å². The van der Waals surface area contributed by atoms with Crippen molar-refractivity contribution in [2.45, 2.75) is 6.43 Å². The van der Waals surface area contributed by atoms with Crippen LogP contribution >= 0.6 is 22.6 Å². The zero-order chi connectivity index (χ0) is 10.7. The number of hydrogen-bond acceptors (Lipinski definition) is 3. The van der Waals surface area contributed by atoms with E-state index in [1.54, 1.807) is 28.7 Å². The maximum absolute atomic E-state index is 12.4. The molecule has 0 aromatic carbocycles. The standard InChI is InChI=1S/C8H3F2IN2O/c9-8(10)4-1-7(11)13-6(3-14)5(4)2-12/h1,3,8H. The van der Waals surface area contributed by atoms with Gasteiger partial charge >= 0.3 is 0 Å². The summed E-state index contributed by atoms with van der Waals surface area (Å²) in [6.45, 7) is 0. The van der Waals surface area contributed by atoms with Crippen LogP contribution in [0.1, 0.15) is 28.0 Å². The Balaban J connectivity index is 3.49. The van der Waals surface area contributed by atoms with Gasteiger partial charge in [0.1, 0.15) is 15.5 Å². The number of hydrogen-bond donors (Lipinski definition) is 0. The summed E-state index contributed by atoms with van der Waals surface area (Å²) in [6.07, 6.45) is -2.48. The van der Waals surface area contributed by atoms with Crippen molar-refractivity contribution in [1.82, 2.24) is 4.98 Å². The Morgan fingerprint density at radius 3 is 2.71 bits per heavy atom. The van der Waals surface area contributed by atoms with Crippen LogP contribution in [0, 0.1) is 15.0 Å². The highest BCUT2D eigenvalue weighted by molar-refractivity contribution is 14.1. The quantitative estimate of drug-likeness (QED) is 0.478. The molecule has 6 heteroatoms. The van der Waals surface area contributed by atoms with Crippen molar-refractivity contribution in [3.8, 4) is 6.07 Å². The number of alkyl halides is 2. The van der Waals surface area contributed by atoms with Crippen LogP contribution in [-0.2, 0) is 0 Å². The van der Waals surface area contributed by atoms with E-state index in [1.807, 2.05) is 0 Å². The molecule has 3 nitrogen and oxygen atoms in total. The first-order valence-corrected chi connectivity index (χ1v) is 4.52. The number of carbonyl (C=O) groups is 1. The van der Waals surface area contributed by atoms with Crippen LogP contribution in [0.15, 0.2) is 6.07 Å². The van der Waals surface area contributed by atoms with Gasteiger partial charge < -0.3 is 0 Å². The van der Waals surface area contributed by atoms with Gasteiger partial charge in [0.05, 0.1) is 5.56 Å². The number of carbonyl (C=O) groups excluding carboxylic acids is 1. The molecule has 1 aromatic rings. The van der Waals surface area contributed by atoms with Crippen molar-refractivity contribution in [1.29, 1.82) is 5.26 Å². The summed E-state index contributed by atoms with van der Waals surface area (Å²) in [5.41, 5.74) is -1.04. The van der Waals surface area contributed by atoms with E-state index < -0.39 is 12.0 Å². The lowest BCUT2D eigenvalue weighted by Crippen LogP contribution is -2.01. The Morgan fingerprint density at radius 1 is 1.64 bits per heavy atom. The average Bonchev–Trinajstić information content (AvgIpc) is 2.16. The third-order valence-corrected chi connectivity index (χ3v) is 2.06. The molecule has 0 amide bonds. The van der Waals surface area contributed by atoms with Crippen molar-refractivity contribution in [3.63, 3.8) is 0 Å².